The van der Waals surface area contributed by atoms with Crippen LogP contribution in [0.5, 0.6) is 5.75 Å². The van der Waals surface area contributed by atoms with Crippen LogP contribution in [0, 0.1) is 11.6 Å². The topological polar surface area (TPSA) is 80.6 Å². The molecule has 3 rings (SSSR count). The Morgan fingerprint density at radius 1 is 0.897 bits per heavy atom. The van der Waals surface area contributed by atoms with Crippen molar-refractivity contribution in [2.45, 2.75) is 12.8 Å². The van der Waals surface area contributed by atoms with Gasteiger partial charge in [-0.1, -0.05) is 12.1 Å². The van der Waals surface area contributed by atoms with Gasteiger partial charge < -0.3 is 9.15 Å². The number of nitrogens with one attached hydrogen (secondary N) is 2. The summed E-state index contributed by atoms with van der Waals surface area (Å²) in [5.74, 6) is -0.569. The molecule has 0 aliphatic carbocycles. The SMILES string of the molecule is O=C(CCc1ccc(-c2ccccc2F)o1)NNC(=O)COc1ccc(F)cc1. The molecule has 2 amide bonds. The number of hydrogen-bond donors (Lipinski definition) is 2. The third-order valence-corrected chi connectivity index (χ3v) is 3.92. The van der Waals surface area contributed by atoms with Gasteiger partial charge in [-0.3, -0.25) is 20.4 Å². The maximum Gasteiger partial charge on any atom is 0.276 e. The molecule has 3 aromatic rings. The number of amides is 2. The lowest BCUT2D eigenvalue weighted by Crippen LogP contribution is -2.43. The van der Waals surface area contributed by atoms with E-state index in [-0.39, 0.29) is 19.4 Å². The molecule has 2 N–H and O–H groups in total. The Hall–Kier alpha value is -3.68. The molecule has 0 radical (unpaired) electrons. The van der Waals surface area contributed by atoms with Crippen molar-refractivity contribution in [3.63, 3.8) is 0 Å². The van der Waals surface area contributed by atoms with E-state index in [1.165, 1.54) is 30.3 Å². The minimum Gasteiger partial charge on any atom is -0.484 e. The summed E-state index contributed by atoms with van der Waals surface area (Å²) < 4.78 is 37.3. The van der Waals surface area contributed by atoms with E-state index in [1.807, 2.05) is 0 Å². The van der Waals surface area contributed by atoms with E-state index in [0.717, 1.165) is 0 Å². The first-order valence-electron chi connectivity index (χ1n) is 8.81. The van der Waals surface area contributed by atoms with Gasteiger partial charge in [-0.2, -0.15) is 0 Å². The molecule has 29 heavy (non-hydrogen) atoms. The fraction of sp³-hybridized carbons (Fsp3) is 0.143. The predicted molar refractivity (Wildman–Crippen MR) is 101 cm³/mol. The van der Waals surface area contributed by atoms with E-state index in [9.17, 15) is 18.4 Å². The molecule has 0 saturated carbocycles. The normalized spacial score (nSPS) is 10.4. The maximum absolute atomic E-state index is 13.8. The molecule has 0 spiro atoms. The molecule has 1 heterocycles. The highest BCUT2D eigenvalue weighted by molar-refractivity contribution is 5.82. The van der Waals surface area contributed by atoms with Crippen LogP contribution < -0.4 is 15.6 Å². The Morgan fingerprint density at radius 3 is 2.38 bits per heavy atom. The van der Waals surface area contributed by atoms with Gasteiger partial charge in [0.05, 0.1) is 5.56 Å². The lowest BCUT2D eigenvalue weighted by atomic mass is 10.1. The van der Waals surface area contributed by atoms with Gasteiger partial charge in [-0.25, -0.2) is 8.78 Å². The molecule has 150 valence electrons. The van der Waals surface area contributed by atoms with Crippen LogP contribution in [0.4, 0.5) is 8.78 Å². The first kappa shape index (κ1) is 20.1. The van der Waals surface area contributed by atoms with Gasteiger partial charge in [0, 0.05) is 12.8 Å². The summed E-state index contributed by atoms with van der Waals surface area (Å²) in [4.78, 5) is 23.5. The summed E-state index contributed by atoms with van der Waals surface area (Å²) in [6.07, 6.45) is 0.339. The number of carbonyl (C=O) groups excluding carboxylic acids is 2. The molecule has 0 fully saturated rings. The molecular formula is C21H18F2N2O4. The van der Waals surface area contributed by atoms with Crippen LogP contribution in [0.3, 0.4) is 0 Å². The number of benzene rings is 2. The second-order valence-corrected chi connectivity index (χ2v) is 6.08. The highest BCUT2D eigenvalue weighted by atomic mass is 19.1. The monoisotopic (exact) mass is 400 g/mol. The Balaban J connectivity index is 1.39. The van der Waals surface area contributed by atoms with Gasteiger partial charge in [0.1, 0.15) is 28.9 Å². The zero-order chi connectivity index (χ0) is 20.6. The largest absolute Gasteiger partial charge is 0.484 e. The van der Waals surface area contributed by atoms with E-state index in [1.54, 1.807) is 30.3 Å². The Morgan fingerprint density at radius 2 is 1.62 bits per heavy atom. The van der Waals surface area contributed by atoms with Gasteiger partial charge >= 0.3 is 0 Å². The number of hydrazine groups is 1. The first-order chi connectivity index (χ1) is 14.0. The maximum atomic E-state index is 13.8. The summed E-state index contributed by atoms with van der Waals surface area (Å²) >= 11 is 0. The molecule has 0 atom stereocenters. The molecule has 0 unspecified atom stereocenters. The first-order valence-corrected chi connectivity index (χ1v) is 8.81. The number of hydrogen-bond acceptors (Lipinski definition) is 4. The van der Waals surface area contributed by atoms with E-state index in [2.05, 4.69) is 10.9 Å². The fourth-order valence-corrected chi connectivity index (χ4v) is 2.47. The summed E-state index contributed by atoms with van der Waals surface area (Å²) in [5.41, 5.74) is 4.83. The predicted octanol–water partition coefficient (Wildman–Crippen LogP) is 3.38. The number of halogens is 2. The second kappa shape index (κ2) is 9.50. The van der Waals surface area contributed by atoms with Gasteiger partial charge in [0.15, 0.2) is 6.61 Å². The highest BCUT2D eigenvalue weighted by Gasteiger charge is 2.11. The second-order valence-electron chi connectivity index (χ2n) is 6.08. The lowest BCUT2D eigenvalue weighted by molar-refractivity contribution is -0.130. The van der Waals surface area contributed by atoms with Crippen LogP contribution in [0.1, 0.15) is 12.2 Å². The van der Waals surface area contributed by atoms with Gasteiger partial charge in [-0.15, -0.1) is 0 Å². The smallest absolute Gasteiger partial charge is 0.276 e. The number of ether oxygens (including phenoxy) is 1. The van der Waals surface area contributed by atoms with Crippen LogP contribution in [0.15, 0.2) is 65.1 Å². The third kappa shape index (κ3) is 5.90. The number of rotatable bonds is 7. The van der Waals surface area contributed by atoms with Crippen LogP contribution >= 0.6 is 0 Å². The lowest BCUT2D eigenvalue weighted by Gasteiger charge is -2.08. The molecule has 0 saturated heterocycles. The van der Waals surface area contributed by atoms with Crippen molar-refractivity contribution >= 4 is 11.8 Å². The van der Waals surface area contributed by atoms with Crippen LogP contribution in [0.25, 0.3) is 11.3 Å². The third-order valence-electron chi connectivity index (χ3n) is 3.92. The van der Waals surface area contributed by atoms with E-state index < -0.39 is 23.4 Å². The molecular weight excluding hydrogens is 382 g/mol. The van der Waals surface area contributed by atoms with Crippen LogP contribution in [-0.4, -0.2) is 18.4 Å². The van der Waals surface area contributed by atoms with Crippen molar-refractivity contribution in [3.05, 3.63) is 78.1 Å². The average Bonchev–Trinajstić information content (AvgIpc) is 3.19. The summed E-state index contributed by atoms with van der Waals surface area (Å²) in [6, 6.07) is 14.7. The molecule has 2 aromatic carbocycles. The number of furan rings is 1. The van der Waals surface area contributed by atoms with Crippen molar-refractivity contribution in [2.75, 3.05) is 6.61 Å². The van der Waals surface area contributed by atoms with Crippen molar-refractivity contribution in [1.29, 1.82) is 0 Å². The van der Waals surface area contributed by atoms with Gasteiger partial charge in [0.2, 0.25) is 5.91 Å². The number of aryl methyl sites for hydroxylation is 1. The zero-order valence-electron chi connectivity index (χ0n) is 15.3. The van der Waals surface area contributed by atoms with Crippen LogP contribution in [-0.2, 0) is 16.0 Å². The average molecular weight is 400 g/mol. The molecule has 1 aromatic heterocycles. The number of carbonyl (C=O) groups is 2. The van der Waals surface area contributed by atoms with Gasteiger partial charge in [0.25, 0.3) is 5.91 Å². The van der Waals surface area contributed by atoms with E-state index in [4.69, 9.17) is 9.15 Å². The van der Waals surface area contributed by atoms with Crippen molar-refractivity contribution in [2.24, 2.45) is 0 Å². The molecule has 0 bridgehead atoms. The minimum atomic E-state index is -0.567. The fourth-order valence-electron chi connectivity index (χ4n) is 2.47. The molecule has 6 nitrogen and oxygen atoms in total. The Bertz CT molecular complexity index is 986. The molecule has 8 heteroatoms. The van der Waals surface area contributed by atoms with E-state index >= 15 is 0 Å². The van der Waals surface area contributed by atoms with Crippen molar-refractivity contribution in [1.82, 2.24) is 10.9 Å². The summed E-state index contributed by atoms with van der Waals surface area (Å²) in [5, 5.41) is 0. The van der Waals surface area contributed by atoms with Crippen LogP contribution in [0.2, 0.25) is 0 Å². The minimum absolute atomic E-state index is 0.0589. The Kier molecular flexibility index (Phi) is 6.57. The highest BCUT2D eigenvalue weighted by Crippen LogP contribution is 2.25. The standard InChI is InChI=1S/C21H18F2N2O4/c22-14-5-7-15(8-6-14)28-13-21(27)25-24-20(26)12-10-16-9-11-19(29-16)17-3-1-2-4-18(17)23/h1-9,11H,10,12-13H2,(H,24,26)(H,25,27). The summed E-state index contributed by atoms with van der Waals surface area (Å²) in [7, 11) is 0. The van der Waals surface area contributed by atoms with Crippen molar-refractivity contribution in [3.8, 4) is 17.1 Å². The quantitative estimate of drug-likeness (QED) is 0.596. The zero-order valence-corrected chi connectivity index (χ0v) is 15.3. The molecule has 0 aliphatic rings. The van der Waals surface area contributed by atoms with Crippen molar-refractivity contribution < 1.29 is 27.5 Å². The Labute approximate surface area is 165 Å². The summed E-state index contributed by atoms with van der Waals surface area (Å²) in [6.45, 7) is -0.337. The van der Waals surface area contributed by atoms with E-state index in [0.29, 0.717) is 22.8 Å². The van der Waals surface area contributed by atoms with Gasteiger partial charge in [-0.05, 0) is 48.5 Å². The molecule has 0 aliphatic heterocycles.